The number of esters is 3. The molecule has 0 bridgehead atoms. The third-order valence-electron chi connectivity index (χ3n) is 3.69. The maximum atomic E-state index is 11.5. The van der Waals surface area contributed by atoms with Gasteiger partial charge >= 0.3 is 17.9 Å². The van der Waals surface area contributed by atoms with Gasteiger partial charge in [0.25, 0.3) is 0 Å². The second kappa shape index (κ2) is 9.87. The number of rotatable bonds is 8. The Labute approximate surface area is 144 Å². The van der Waals surface area contributed by atoms with Crippen LogP contribution in [-0.2, 0) is 42.9 Å². The van der Waals surface area contributed by atoms with Crippen LogP contribution < -0.4 is 0 Å². The van der Waals surface area contributed by atoms with Gasteiger partial charge in [0, 0.05) is 39.5 Å². The largest absolute Gasteiger partial charge is 0.463 e. The van der Waals surface area contributed by atoms with Crippen LogP contribution in [0.4, 0.5) is 0 Å². The highest BCUT2D eigenvalue weighted by Gasteiger charge is 2.49. The van der Waals surface area contributed by atoms with Crippen molar-refractivity contribution < 1.29 is 42.9 Å². The molecule has 0 spiro atoms. The lowest BCUT2D eigenvalue weighted by molar-refractivity contribution is -0.233. The summed E-state index contributed by atoms with van der Waals surface area (Å²) in [4.78, 5) is 56.0. The van der Waals surface area contributed by atoms with Gasteiger partial charge in [-0.1, -0.05) is 0 Å². The summed E-state index contributed by atoms with van der Waals surface area (Å²) >= 11 is 0. The Bertz CT molecular complexity index is 516. The van der Waals surface area contributed by atoms with E-state index in [4.69, 9.17) is 18.9 Å². The van der Waals surface area contributed by atoms with Gasteiger partial charge < -0.3 is 28.5 Å². The van der Waals surface area contributed by atoms with Crippen LogP contribution in [0, 0.1) is 5.92 Å². The highest BCUT2D eigenvalue weighted by Crippen LogP contribution is 2.34. The average molecular weight is 358 g/mol. The minimum absolute atomic E-state index is 0.0559. The Hall–Kier alpha value is -2.29. The molecule has 9 heteroatoms. The van der Waals surface area contributed by atoms with Gasteiger partial charge in [-0.2, -0.15) is 0 Å². The van der Waals surface area contributed by atoms with Gasteiger partial charge in [-0.05, 0) is 0 Å². The molecule has 0 aliphatic carbocycles. The number of hydrogen-bond acceptors (Lipinski definition) is 9. The molecule has 0 radical (unpaired) electrons. The summed E-state index contributed by atoms with van der Waals surface area (Å²) in [5.41, 5.74) is 0. The highest BCUT2D eigenvalue weighted by atomic mass is 16.6. The van der Waals surface area contributed by atoms with Gasteiger partial charge in [0.15, 0.2) is 6.10 Å². The predicted molar refractivity (Wildman–Crippen MR) is 81.3 cm³/mol. The molecule has 1 aliphatic heterocycles. The fourth-order valence-electron chi connectivity index (χ4n) is 2.81. The SMILES string of the molecule is CC(=O)OC[C@H]1O[C@H](CC=O)[C@H](CC=O)[C@@H](OC(C)=O)[C@@H]1OC(C)=O. The Kier molecular flexibility index (Phi) is 8.20. The van der Waals surface area contributed by atoms with E-state index in [-0.39, 0.29) is 19.4 Å². The second-order valence-corrected chi connectivity index (χ2v) is 5.63. The fourth-order valence-corrected chi connectivity index (χ4v) is 2.81. The van der Waals surface area contributed by atoms with Crippen LogP contribution in [0.3, 0.4) is 0 Å². The monoisotopic (exact) mass is 358 g/mol. The van der Waals surface area contributed by atoms with Gasteiger partial charge in [-0.3, -0.25) is 14.4 Å². The second-order valence-electron chi connectivity index (χ2n) is 5.63. The van der Waals surface area contributed by atoms with E-state index in [2.05, 4.69) is 0 Å². The molecular weight excluding hydrogens is 336 g/mol. The lowest BCUT2D eigenvalue weighted by Crippen LogP contribution is -2.58. The zero-order chi connectivity index (χ0) is 19.0. The third-order valence-corrected chi connectivity index (χ3v) is 3.69. The molecule has 5 atom stereocenters. The standard InChI is InChI=1S/C16H22O9/c1-9(19)22-8-14-16(24-11(3)21)15(23-10(2)20)12(4-6-17)13(25-14)5-7-18/h6-7,12-16H,4-5,8H2,1-3H3/t12-,13+,14+,15+,16+/m0/s1. The maximum Gasteiger partial charge on any atom is 0.303 e. The summed E-state index contributed by atoms with van der Waals surface area (Å²) < 4.78 is 21.1. The maximum absolute atomic E-state index is 11.5. The van der Waals surface area contributed by atoms with Crippen molar-refractivity contribution in [2.45, 2.75) is 58.0 Å². The van der Waals surface area contributed by atoms with Crippen molar-refractivity contribution in [3.05, 3.63) is 0 Å². The zero-order valence-corrected chi connectivity index (χ0v) is 14.3. The van der Waals surface area contributed by atoms with E-state index in [1.54, 1.807) is 0 Å². The molecule has 1 saturated heterocycles. The minimum atomic E-state index is -1.08. The van der Waals surface area contributed by atoms with E-state index in [0.717, 1.165) is 0 Å². The summed E-state index contributed by atoms with van der Waals surface area (Å²) in [5.74, 6) is -2.55. The minimum Gasteiger partial charge on any atom is -0.463 e. The van der Waals surface area contributed by atoms with Crippen molar-refractivity contribution in [1.82, 2.24) is 0 Å². The van der Waals surface area contributed by atoms with Gasteiger partial charge in [-0.15, -0.1) is 0 Å². The quantitative estimate of drug-likeness (QED) is 0.334. The first-order valence-electron chi connectivity index (χ1n) is 7.80. The molecule has 1 rings (SSSR count). The molecule has 9 nitrogen and oxygen atoms in total. The zero-order valence-electron chi connectivity index (χ0n) is 14.3. The van der Waals surface area contributed by atoms with Crippen molar-refractivity contribution in [3.63, 3.8) is 0 Å². The van der Waals surface area contributed by atoms with Crippen LogP contribution in [0.25, 0.3) is 0 Å². The topological polar surface area (TPSA) is 122 Å². The van der Waals surface area contributed by atoms with Crippen molar-refractivity contribution in [2.24, 2.45) is 5.92 Å². The van der Waals surface area contributed by atoms with Crippen molar-refractivity contribution in [1.29, 1.82) is 0 Å². The first kappa shape index (κ1) is 20.8. The highest BCUT2D eigenvalue weighted by molar-refractivity contribution is 5.68. The molecule has 0 amide bonds. The Morgan fingerprint density at radius 3 is 1.88 bits per heavy atom. The van der Waals surface area contributed by atoms with Crippen molar-refractivity contribution in [3.8, 4) is 0 Å². The lowest BCUT2D eigenvalue weighted by atomic mass is 9.83. The molecule has 140 valence electrons. The number of carbonyl (C=O) groups is 5. The van der Waals surface area contributed by atoms with E-state index in [1.807, 2.05) is 0 Å². The Morgan fingerprint density at radius 1 is 0.840 bits per heavy atom. The van der Waals surface area contributed by atoms with Gasteiger partial charge in [0.1, 0.15) is 31.4 Å². The molecule has 0 aromatic carbocycles. The number of aldehydes is 2. The van der Waals surface area contributed by atoms with E-state index in [9.17, 15) is 24.0 Å². The molecule has 1 heterocycles. The molecule has 1 fully saturated rings. The number of hydrogen-bond donors (Lipinski definition) is 0. The van der Waals surface area contributed by atoms with Crippen molar-refractivity contribution >= 4 is 30.5 Å². The summed E-state index contributed by atoms with van der Waals surface area (Å²) in [6.07, 6.45) is -2.67. The molecule has 0 unspecified atom stereocenters. The van der Waals surface area contributed by atoms with Gasteiger partial charge in [0.2, 0.25) is 0 Å². The van der Waals surface area contributed by atoms with Crippen LogP contribution in [0.15, 0.2) is 0 Å². The van der Waals surface area contributed by atoms with Crippen LogP contribution >= 0.6 is 0 Å². The first-order valence-corrected chi connectivity index (χ1v) is 7.80. The van der Waals surface area contributed by atoms with Crippen LogP contribution in [0.1, 0.15) is 33.6 Å². The normalized spacial score (nSPS) is 28.5. The molecule has 25 heavy (non-hydrogen) atoms. The van der Waals surface area contributed by atoms with E-state index in [1.165, 1.54) is 20.8 Å². The molecule has 1 aliphatic rings. The Balaban J connectivity index is 3.19. The van der Waals surface area contributed by atoms with Crippen LogP contribution in [-0.4, -0.2) is 61.5 Å². The van der Waals surface area contributed by atoms with Gasteiger partial charge in [0.05, 0.1) is 6.10 Å². The van der Waals surface area contributed by atoms with Crippen LogP contribution in [0.2, 0.25) is 0 Å². The predicted octanol–water partition coefficient (Wildman–Crippen LogP) is -0.0255. The smallest absolute Gasteiger partial charge is 0.303 e. The Morgan fingerprint density at radius 2 is 1.40 bits per heavy atom. The fraction of sp³-hybridized carbons (Fsp3) is 0.688. The number of carbonyl (C=O) groups excluding carboxylic acids is 5. The summed E-state index contributed by atoms with van der Waals surface area (Å²) in [7, 11) is 0. The lowest BCUT2D eigenvalue weighted by Gasteiger charge is -2.44. The van der Waals surface area contributed by atoms with E-state index >= 15 is 0 Å². The van der Waals surface area contributed by atoms with E-state index < -0.39 is 48.2 Å². The molecule has 0 aromatic rings. The number of ether oxygens (including phenoxy) is 4. The van der Waals surface area contributed by atoms with Crippen molar-refractivity contribution in [2.75, 3.05) is 6.61 Å². The van der Waals surface area contributed by atoms with E-state index in [0.29, 0.717) is 12.6 Å². The summed E-state index contributed by atoms with van der Waals surface area (Å²) in [6, 6.07) is 0. The van der Waals surface area contributed by atoms with Gasteiger partial charge in [-0.25, -0.2) is 0 Å². The molecular formula is C16H22O9. The summed E-state index contributed by atoms with van der Waals surface area (Å²) in [6.45, 7) is 3.29. The average Bonchev–Trinajstić information content (AvgIpc) is 2.50. The molecule has 0 saturated carbocycles. The third kappa shape index (κ3) is 6.26. The molecule has 0 N–H and O–H groups in total. The first-order chi connectivity index (χ1) is 11.8. The molecule has 0 aromatic heterocycles. The summed E-state index contributed by atoms with van der Waals surface area (Å²) in [5, 5.41) is 0. The van der Waals surface area contributed by atoms with Crippen LogP contribution in [0.5, 0.6) is 0 Å².